The first-order chi connectivity index (χ1) is 5.36. The summed E-state index contributed by atoms with van der Waals surface area (Å²) in [6.07, 6.45) is 5.26. The first-order valence-corrected chi connectivity index (χ1v) is 4.30. The molecule has 1 aliphatic heterocycles. The number of nitrogens with two attached hydrogens (primary N) is 1. The van der Waals surface area contributed by atoms with Crippen LogP contribution in [0.25, 0.3) is 0 Å². The van der Waals surface area contributed by atoms with Crippen LogP contribution in [0.4, 0.5) is 0 Å². The van der Waals surface area contributed by atoms with E-state index in [0.717, 1.165) is 6.42 Å². The summed E-state index contributed by atoms with van der Waals surface area (Å²) < 4.78 is 5.54. The van der Waals surface area contributed by atoms with Gasteiger partial charge < -0.3 is 10.5 Å². The number of fused-ring (bicyclic) bond motifs is 1. The van der Waals surface area contributed by atoms with Gasteiger partial charge in [-0.1, -0.05) is 12.8 Å². The molecule has 0 aromatic heterocycles. The molecule has 0 aromatic rings. The lowest BCUT2D eigenvalue weighted by molar-refractivity contribution is 0.0277. The Morgan fingerprint density at radius 2 is 2.18 bits per heavy atom. The molecule has 2 atom stereocenters. The van der Waals surface area contributed by atoms with Gasteiger partial charge in [0.1, 0.15) is 12.4 Å². The number of amidine groups is 1. The van der Waals surface area contributed by atoms with Gasteiger partial charge in [-0.05, 0) is 12.8 Å². The molecule has 0 spiro atoms. The van der Waals surface area contributed by atoms with Crippen LogP contribution in [0, 0.1) is 0 Å². The molecule has 1 fully saturated rings. The molecule has 0 radical (unpaired) electrons. The highest BCUT2D eigenvalue weighted by molar-refractivity contribution is 5.82. The minimum atomic E-state index is 0.371. The highest BCUT2D eigenvalue weighted by Crippen LogP contribution is 2.25. The number of hydrogen-bond donors (Lipinski definition) is 1. The molecule has 1 aliphatic carbocycles. The van der Waals surface area contributed by atoms with E-state index in [1.807, 2.05) is 0 Å². The third kappa shape index (κ3) is 1.38. The third-order valence-corrected chi connectivity index (χ3v) is 2.44. The van der Waals surface area contributed by atoms with Crippen molar-refractivity contribution in [3.05, 3.63) is 0 Å². The maximum absolute atomic E-state index is 5.57. The summed E-state index contributed by atoms with van der Waals surface area (Å²) >= 11 is 0. The second-order valence-corrected chi connectivity index (χ2v) is 3.32. The minimum absolute atomic E-state index is 0.371. The summed E-state index contributed by atoms with van der Waals surface area (Å²) in [5, 5.41) is 0. The molecule has 62 valence electrons. The van der Waals surface area contributed by atoms with Crippen molar-refractivity contribution in [2.75, 3.05) is 6.61 Å². The van der Waals surface area contributed by atoms with Gasteiger partial charge in [0.15, 0.2) is 0 Å². The standard InChI is InChI=1S/C8H14N2O/c9-8-5-11-7-4-2-1-3-6(7)10-8/h6-7H,1-5H2,(H2,9,10)/t6-,7+/m1/s1. The first-order valence-electron chi connectivity index (χ1n) is 4.30. The van der Waals surface area contributed by atoms with Crippen LogP contribution in [0.15, 0.2) is 4.99 Å². The second-order valence-electron chi connectivity index (χ2n) is 3.32. The predicted molar refractivity (Wildman–Crippen MR) is 43.6 cm³/mol. The number of hydrogen-bond acceptors (Lipinski definition) is 3. The fraction of sp³-hybridized carbons (Fsp3) is 0.875. The van der Waals surface area contributed by atoms with Crippen molar-refractivity contribution >= 4 is 5.84 Å². The van der Waals surface area contributed by atoms with Crippen molar-refractivity contribution in [2.45, 2.75) is 37.8 Å². The van der Waals surface area contributed by atoms with Crippen molar-refractivity contribution < 1.29 is 4.74 Å². The van der Waals surface area contributed by atoms with Gasteiger partial charge in [-0.3, -0.25) is 4.99 Å². The van der Waals surface area contributed by atoms with Crippen molar-refractivity contribution in [2.24, 2.45) is 10.7 Å². The van der Waals surface area contributed by atoms with Crippen molar-refractivity contribution in [3.63, 3.8) is 0 Å². The molecular weight excluding hydrogens is 140 g/mol. The van der Waals surface area contributed by atoms with Gasteiger partial charge in [-0.2, -0.15) is 0 Å². The van der Waals surface area contributed by atoms with Gasteiger partial charge >= 0.3 is 0 Å². The molecule has 1 heterocycles. The Labute approximate surface area is 66.6 Å². The van der Waals surface area contributed by atoms with Crippen molar-refractivity contribution in [1.29, 1.82) is 0 Å². The number of ether oxygens (including phenoxy) is 1. The van der Waals surface area contributed by atoms with Crippen LogP contribution < -0.4 is 5.73 Å². The predicted octanol–water partition coefficient (Wildman–Crippen LogP) is 0.685. The van der Waals surface area contributed by atoms with Crippen molar-refractivity contribution in [1.82, 2.24) is 0 Å². The summed E-state index contributed by atoms with van der Waals surface area (Å²) in [6, 6.07) is 0.373. The third-order valence-electron chi connectivity index (χ3n) is 2.44. The highest BCUT2D eigenvalue weighted by Gasteiger charge is 2.28. The van der Waals surface area contributed by atoms with E-state index in [9.17, 15) is 0 Å². The highest BCUT2D eigenvalue weighted by atomic mass is 16.5. The molecule has 2 rings (SSSR count). The molecule has 3 nitrogen and oxygen atoms in total. The molecule has 0 unspecified atom stereocenters. The fourth-order valence-corrected chi connectivity index (χ4v) is 1.86. The van der Waals surface area contributed by atoms with E-state index < -0.39 is 0 Å². The summed E-state index contributed by atoms with van der Waals surface area (Å²) in [4.78, 5) is 4.37. The Kier molecular flexibility index (Phi) is 1.82. The molecule has 11 heavy (non-hydrogen) atoms. The maximum atomic E-state index is 5.57. The lowest BCUT2D eigenvalue weighted by atomic mass is 9.92. The molecule has 2 aliphatic rings. The van der Waals surface area contributed by atoms with Gasteiger partial charge in [-0.25, -0.2) is 0 Å². The normalized spacial score (nSPS) is 37.6. The maximum Gasteiger partial charge on any atom is 0.120 e. The van der Waals surface area contributed by atoms with E-state index in [4.69, 9.17) is 10.5 Å². The van der Waals surface area contributed by atoms with Crippen LogP contribution in [-0.4, -0.2) is 24.6 Å². The monoisotopic (exact) mass is 154 g/mol. The van der Waals surface area contributed by atoms with E-state index in [1.165, 1.54) is 19.3 Å². The molecule has 2 N–H and O–H groups in total. The van der Waals surface area contributed by atoms with Gasteiger partial charge in [0, 0.05) is 0 Å². The fourth-order valence-electron chi connectivity index (χ4n) is 1.86. The van der Waals surface area contributed by atoms with E-state index in [2.05, 4.69) is 4.99 Å². The first kappa shape index (κ1) is 7.10. The topological polar surface area (TPSA) is 47.6 Å². The van der Waals surface area contributed by atoms with E-state index >= 15 is 0 Å². The average Bonchev–Trinajstić information content (AvgIpc) is 2.04. The molecule has 0 amide bonds. The second kappa shape index (κ2) is 2.81. The van der Waals surface area contributed by atoms with Crippen LogP contribution in [-0.2, 0) is 4.74 Å². The number of rotatable bonds is 0. The zero-order valence-electron chi connectivity index (χ0n) is 6.62. The van der Waals surface area contributed by atoms with E-state index in [1.54, 1.807) is 0 Å². The summed E-state index contributed by atoms with van der Waals surface area (Å²) in [6.45, 7) is 0.543. The van der Waals surface area contributed by atoms with Gasteiger partial charge in [0.2, 0.25) is 0 Å². The zero-order valence-corrected chi connectivity index (χ0v) is 6.62. The Morgan fingerprint density at radius 3 is 3.09 bits per heavy atom. The van der Waals surface area contributed by atoms with Crippen LogP contribution in [0.2, 0.25) is 0 Å². The van der Waals surface area contributed by atoms with E-state index in [-0.39, 0.29) is 0 Å². The smallest absolute Gasteiger partial charge is 0.120 e. The summed E-state index contributed by atoms with van der Waals surface area (Å²) in [5.41, 5.74) is 5.57. The minimum Gasteiger partial charge on any atom is -0.386 e. The lowest BCUT2D eigenvalue weighted by Crippen LogP contribution is -2.40. The summed E-state index contributed by atoms with van der Waals surface area (Å²) in [7, 11) is 0. The van der Waals surface area contributed by atoms with Crippen LogP contribution in [0.3, 0.4) is 0 Å². The SMILES string of the molecule is NC1=N[C@@H]2CCCC[C@@H]2OC1. The molecule has 0 aromatic carbocycles. The van der Waals surface area contributed by atoms with Gasteiger partial charge in [0.05, 0.1) is 12.1 Å². The zero-order chi connectivity index (χ0) is 7.68. The largest absolute Gasteiger partial charge is 0.386 e. The van der Waals surface area contributed by atoms with Crippen molar-refractivity contribution in [3.8, 4) is 0 Å². The Bertz CT molecular complexity index is 179. The molecule has 3 heteroatoms. The van der Waals surface area contributed by atoms with Gasteiger partial charge in [0.25, 0.3) is 0 Å². The Hall–Kier alpha value is -0.570. The lowest BCUT2D eigenvalue weighted by Gasteiger charge is -2.32. The Balaban J connectivity index is 2.07. The van der Waals surface area contributed by atoms with Crippen LogP contribution in [0.1, 0.15) is 25.7 Å². The molecule has 1 saturated carbocycles. The van der Waals surface area contributed by atoms with Gasteiger partial charge in [-0.15, -0.1) is 0 Å². The van der Waals surface area contributed by atoms with E-state index in [0.29, 0.717) is 24.6 Å². The van der Waals surface area contributed by atoms with Crippen LogP contribution in [0.5, 0.6) is 0 Å². The average molecular weight is 154 g/mol. The molecule has 0 saturated heterocycles. The number of aliphatic imine (C=N–C) groups is 1. The van der Waals surface area contributed by atoms with Crippen LogP contribution >= 0.6 is 0 Å². The molecule has 0 bridgehead atoms. The quantitative estimate of drug-likeness (QED) is 0.558. The molecular formula is C8H14N2O. The Morgan fingerprint density at radius 1 is 1.36 bits per heavy atom. The number of nitrogens with zero attached hydrogens (tertiary/aromatic N) is 1. The summed E-state index contributed by atoms with van der Waals surface area (Å²) in [5.74, 6) is 0.674.